The molecule has 0 saturated heterocycles. The molecule has 0 radical (unpaired) electrons. The van der Waals surface area contributed by atoms with Crippen LogP contribution in [0.25, 0.3) is 0 Å². The highest BCUT2D eigenvalue weighted by Crippen LogP contribution is 2.54. The van der Waals surface area contributed by atoms with E-state index in [1.54, 1.807) is 54.6 Å². The molecule has 0 bridgehead atoms. The van der Waals surface area contributed by atoms with Gasteiger partial charge >= 0.3 is 6.18 Å². The highest BCUT2D eigenvalue weighted by Gasteiger charge is 2.64. The first-order valence-corrected chi connectivity index (χ1v) is 10.2. The van der Waals surface area contributed by atoms with E-state index in [0.29, 0.717) is 23.1 Å². The minimum absolute atomic E-state index is 0.276. The minimum atomic E-state index is -4.68. The smallest absolute Gasteiger partial charge is 0.378 e. The van der Waals surface area contributed by atoms with Crippen LogP contribution in [-0.2, 0) is 10.4 Å². The van der Waals surface area contributed by atoms with Crippen LogP contribution in [0.2, 0.25) is 0 Å². The SMILES string of the molecule is O=C(N[C@@H](c1ccccc1)C(O)(c1cccnc1)c1cccnc1)C1(C(F)(F)F)CCC1. The predicted octanol–water partition coefficient (Wildman–Crippen LogP) is 4.30. The molecule has 3 aromatic rings. The number of nitrogens with one attached hydrogen (secondary N) is 1. The van der Waals surface area contributed by atoms with Crippen molar-refractivity contribution in [1.82, 2.24) is 15.3 Å². The molecule has 1 amide bonds. The van der Waals surface area contributed by atoms with Crippen molar-refractivity contribution in [1.29, 1.82) is 0 Å². The fourth-order valence-corrected chi connectivity index (χ4v) is 4.19. The summed E-state index contributed by atoms with van der Waals surface area (Å²) in [6.45, 7) is 0. The molecule has 0 spiro atoms. The van der Waals surface area contributed by atoms with Crippen molar-refractivity contribution < 1.29 is 23.1 Å². The predicted molar refractivity (Wildman–Crippen MR) is 111 cm³/mol. The van der Waals surface area contributed by atoms with E-state index in [1.807, 2.05) is 0 Å². The molecule has 2 aromatic heterocycles. The summed E-state index contributed by atoms with van der Waals surface area (Å²) in [5, 5.41) is 14.7. The van der Waals surface area contributed by atoms with Crippen molar-refractivity contribution in [3.63, 3.8) is 0 Å². The van der Waals surface area contributed by atoms with E-state index in [2.05, 4.69) is 15.3 Å². The summed E-state index contributed by atoms with van der Waals surface area (Å²) < 4.78 is 41.6. The maximum Gasteiger partial charge on any atom is 0.403 e. The first-order valence-electron chi connectivity index (χ1n) is 10.2. The Hall–Kier alpha value is -3.26. The number of hydrogen-bond donors (Lipinski definition) is 2. The van der Waals surface area contributed by atoms with Gasteiger partial charge in [0.2, 0.25) is 5.91 Å². The lowest BCUT2D eigenvalue weighted by Crippen LogP contribution is -2.57. The number of pyridine rings is 2. The molecule has 1 fully saturated rings. The molecule has 166 valence electrons. The number of aromatic nitrogens is 2. The summed E-state index contributed by atoms with van der Waals surface area (Å²) in [5.74, 6) is -1.14. The Morgan fingerprint density at radius 3 is 1.91 bits per heavy atom. The second-order valence-electron chi connectivity index (χ2n) is 8.00. The molecule has 5 nitrogen and oxygen atoms in total. The number of hydrogen-bond acceptors (Lipinski definition) is 4. The molecule has 0 aliphatic heterocycles. The molecule has 1 aliphatic rings. The number of carbonyl (C=O) groups is 1. The van der Waals surface area contributed by atoms with Gasteiger partial charge in [0, 0.05) is 35.9 Å². The van der Waals surface area contributed by atoms with E-state index in [9.17, 15) is 23.1 Å². The fourth-order valence-electron chi connectivity index (χ4n) is 4.19. The van der Waals surface area contributed by atoms with Gasteiger partial charge in [0.25, 0.3) is 0 Å². The van der Waals surface area contributed by atoms with Crippen molar-refractivity contribution in [3.05, 3.63) is 96.1 Å². The van der Waals surface area contributed by atoms with Gasteiger partial charge in [0.1, 0.15) is 11.0 Å². The average molecular weight is 441 g/mol. The first kappa shape index (κ1) is 22.0. The van der Waals surface area contributed by atoms with E-state index >= 15 is 0 Å². The lowest BCUT2D eigenvalue weighted by atomic mass is 9.67. The van der Waals surface area contributed by atoms with Crippen LogP contribution in [0, 0.1) is 5.41 Å². The van der Waals surface area contributed by atoms with Crippen LogP contribution in [0.4, 0.5) is 13.2 Å². The van der Waals surface area contributed by atoms with Gasteiger partial charge in [0.15, 0.2) is 0 Å². The molecule has 2 N–H and O–H groups in total. The number of halogens is 3. The molecule has 1 saturated carbocycles. The summed E-state index contributed by atoms with van der Waals surface area (Å²) in [4.78, 5) is 21.3. The zero-order chi connectivity index (χ0) is 22.8. The molecule has 0 unspecified atom stereocenters. The first-order chi connectivity index (χ1) is 15.3. The molecule has 4 rings (SSSR count). The normalized spacial score (nSPS) is 16.6. The van der Waals surface area contributed by atoms with Gasteiger partial charge in [-0.15, -0.1) is 0 Å². The molecule has 2 heterocycles. The Labute approximate surface area is 183 Å². The van der Waals surface area contributed by atoms with Gasteiger partial charge in [0.05, 0.1) is 6.04 Å². The number of nitrogens with zero attached hydrogens (tertiary/aromatic N) is 2. The van der Waals surface area contributed by atoms with E-state index in [0.717, 1.165) is 0 Å². The quantitative estimate of drug-likeness (QED) is 0.598. The van der Waals surface area contributed by atoms with E-state index in [4.69, 9.17) is 0 Å². The van der Waals surface area contributed by atoms with Gasteiger partial charge in [-0.25, -0.2) is 0 Å². The van der Waals surface area contributed by atoms with Crippen molar-refractivity contribution in [2.75, 3.05) is 0 Å². The number of rotatable bonds is 6. The number of benzene rings is 1. The number of amides is 1. The fraction of sp³-hybridized carbons (Fsp3) is 0.292. The van der Waals surface area contributed by atoms with Crippen LogP contribution in [0.3, 0.4) is 0 Å². The van der Waals surface area contributed by atoms with Gasteiger partial charge in [-0.2, -0.15) is 13.2 Å². The van der Waals surface area contributed by atoms with Crippen LogP contribution in [-0.4, -0.2) is 27.2 Å². The lowest BCUT2D eigenvalue weighted by Gasteiger charge is -2.44. The molecule has 8 heteroatoms. The van der Waals surface area contributed by atoms with Crippen molar-refractivity contribution in [2.24, 2.45) is 5.41 Å². The Morgan fingerprint density at radius 1 is 0.938 bits per heavy atom. The van der Waals surface area contributed by atoms with E-state index in [-0.39, 0.29) is 12.8 Å². The van der Waals surface area contributed by atoms with Crippen LogP contribution in [0.5, 0.6) is 0 Å². The second kappa shape index (κ2) is 8.35. The second-order valence-corrected chi connectivity index (χ2v) is 8.00. The van der Waals surface area contributed by atoms with Crippen LogP contribution in [0.1, 0.15) is 42.0 Å². The van der Waals surface area contributed by atoms with E-state index in [1.165, 1.54) is 24.8 Å². The minimum Gasteiger partial charge on any atom is -0.378 e. The third kappa shape index (κ3) is 3.64. The molecule has 1 aromatic carbocycles. The highest BCUT2D eigenvalue weighted by atomic mass is 19.4. The third-order valence-corrected chi connectivity index (χ3v) is 6.21. The summed E-state index contributed by atoms with van der Waals surface area (Å²) >= 11 is 0. The van der Waals surface area contributed by atoms with Crippen molar-refractivity contribution in [2.45, 2.75) is 37.1 Å². The monoisotopic (exact) mass is 441 g/mol. The van der Waals surface area contributed by atoms with Crippen LogP contribution < -0.4 is 5.32 Å². The van der Waals surface area contributed by atoms with Crippen LogP contribution in [0.15, 0.2) is 79.4 Å². The largest absolute Gasteiger partial charge is 0.403 e. The van der Waals surface area contributed by atoms with Gasteiger partial charge in [-0.1, -0.05) is 48.9 Å². The Bertz CT molecular complexity index is 1020. The van der Waals surface area contributed by atoms with Gasteiger partial charge in [-0.05, 0) is 30.5 Å². The number of alkyl halides is 3. The summed E-state index contributed by atoms with van der Waals surface area (Å²) in [6.07, 6.45) is 0.988. The molecule has 32 heavy (non-hydrogen) atoms. The standard InChI is InChI=1S/C24H22F3N3O2/c25-24(26,27)22(11-6-12-22)21(31)30-20(17-7-2-1-3-8-17)23(32,18-9-4-13-28-15-18)19-10-5-14-29-16-19/h1-5,7-10,13-16,20,32H,6,11-12H2,(H,30,31)/t20-/m0/s1. The maximum atomic E-state index is 13.9. The molecule has 1 atom stereocenters. The Morgan fingerprint density at radius 2 is 1.50 bits per heavy atom. The Kier molecular flexibility index (Phi) is 5.73. The van der Waals surface area contributed by atoms with Gasteiger partial charge in [-0.3, -0.25) is 14.8 Å². The zero-order valence-corrected chi connectivity index (χ0v) is 17.1. The molecular weight excluding hydrogens is 419 g/mol. The van der Waals surface area contributed by atoms with Crippen molar-refractivity contribution >= 4 is 5.91 Å². The van der Waals surface area contributed by atoms with Crippen molar-refractivity contribution in [3.8, 4) is 0 Å². The zero-order valence-electron chi connectivity index (χ0n) is 17.1. The molecular formula is C24H22F3N3O2. The summed E-state index contributed by atoms with van der Waals surface area (Å²) in [6, 6.07) is 13.7. The summed E-state index contributed by atoms with van der Waals surface area (Å²) in [7, 11) is 0. The van der Waals surface area contributed by atoms with Gasteiger partial charge < -0.3 is 10.4 Å². The molecule has 1 aliphatic carbocycles. The Balaban J connectivity index is 1.86. The third-order valence-electron chi connectivity index (χ3n) is 6.21. The maximum absolute atomic E-state index is 13.9. The highest BCUT2D eigenvalue weighted by molar-refractivity contribution is 5.85. The lowest BCUT2D eigenvalue weighted by molar-refractivity contribution is -0.244. The number of carbonyl (C=O) groups excluding carboxylic acids is 1. The topological polar surface area (TPSA) is 75.1 Å². The average Bonchev–Trinajstić information content (AvgIpc) is 2.77. The van der Waals surface area contributed by atoms with E-state index < -0.39 is 29.1 Å². The summed E-state index contributed by atoms with van der Waals surface area (Å²) in [5.41, 5.74) is -3.29. The number of aliphatic hydroxyl groups is 1. The van der Waals surface area contributed by atoms with Crippen LogP contribution >= 0.6 is 0 Å².